The molecule has 0 atom stereocenters. The highest BCUT2D eigenvalue weighted by molar-refractivity contribution is 8.00. The molecule has 0 bridgehead atoms. The van der Waals surface area contributed by atoms with Crippen LogP contribution in [0.1, 0.15) is 11.5 Å². The number of aryl methyl sites for hydroxylation is 1. The lowest BCUT2D eigenvalue weighted by Crippen LogP contribution is -2.08. The van der Waals surface area contributed by atoms with Gasteiger partial charge in [-0.2, -0.15) is 4.37 Å². The molecule has 0 saturated carbocycles. The maximum Gasteiger partial charge on any atom is 0.176 e. The van der Waals surface area contributed by atoms with Crippen molar-refractivity contribution in [3.05, 3.63) is 35.9 Å². The van der Waals surface area contributed by atoms with E-state index in [-0.39, 0.29) is 0 Å². The number of hydrogen-bond acceptors (Lipinski definition) is 6. The Kier molecular flexibility index (Phi) is 3.50. The lowest BCUT2D eigenvalue weighted by atomic mass is 10.4. The van der Waals surface area contributed by atoms with Gasteiger partial charge in [0.05, 0.1) is 5.69 Å². The second-order valence-electron chi connectivity index (χ2n) is 4.03. The molecule has 0 unspecified atom stereocenters. The van der Waals surface area contributed by atoms with E-state index in [9.17, 15) is 0 Å². The second-order valence-corrected chi connectivity index (χ2v) is 6.02. The Morgan fingerprint density at radius 2 is 2.26 bits per heavy atom. The molecular formula is C12H13N5S2. The van der Waals surface area contributed by atoms with Crippen LogP contribution < -0.4 is 5.32 Å². The predicted molar refractivity (Wildman–Crippen MR) is 76.7 cm³/mol. The number of hydrogen-bond donors (Lipinski definition) is 1. The van der Waals surface area contributed by atoms with Crippen LogP contribution in [0, 0.1) is 6.92 Å². The maximum absolute atomic E-state index is 4.66. The molecule has 5 nitrogen and oxygen atoms in total. The molecule has 0 amide bonds. The van der Waals surface area contributed by atoms with E-state index < -0.39 is 0 Å². The minimum absolute atomic E-state index is 0.769. The summed E-state index contributed by atoms with van der Waals surface area (Å²) in [6.45, 7) is 2.67. The van der Waals surface area contributed by atoms with Gasteiger partial charge in [-0.3, -0.25) is 0 Å². The number of rotatable bonds is 4. The predicted octanol–water partition coefficient (Wildman–Crippen LogP) is 2.36. The van der Waals surface area contributed by atoms with Gasteiger partial charge in [-0.1, -0.05) is 6.07 Å². The summed E-state index contributed by atoms with van der Waals surface area (Å²) in [5, 5.41) is 4.17. The minimum atomic E-state index is 0.769. The lowest BCUT2D eigenvalue weighted by molar-refractivity contribution is 0.764. The van der Waals surface area contributed by atoms with Crippen molar-refractivity contribution in [1.82, 2.24) is 24.1 Å². The fourth-order valence-corrected chi connectivity index (χ4v) is 3.53. The lowest BCUT2D eigenvalue weighted by Gasteiger charge is -2.02. The van der Waals surface area contributed by atoms with Gasteiger partial charge in [0.2, 0.25) is 0 Å². The molecule has 0 aliphatic rings. The first-order chi connectivity index (χ1) is 9.28. The van der Waals surface area contributed by atoms with Gasteiger partial charge >= 0.3 is 0 Å². The van der Waals surface area contributed by atoms with Crippen LogP contribution in [0.25, 0.3) is 5.65 Å². The van der Waals surface area contributed by atoms with E-state index in [1.807, 2.05) is 38.4 Å². The van der Waals surface area contributed by atoms with E-state index in [1.54, 1.807) is 11.8 Å². The topological polar surface area (TPSA) is 55.1 Å². The van der Waals surface area contributed by atoms with Crippen LogP contribution >= 0.6 is 23.3 Å². The fourth-order valence-electron chi connectivity index (χ4n) is 1.84. The van der Waals surface area contributed by atoms with Gasteiger partial charge in [0.25, 0.3) is 0 Å². The first-order valence-electron chi connectivity index (χ1n) is 5.86. The zero-order valence-electron chi connectivity index (χ0n) is 10.6. The third-order valence-electron chi connectivity index (χ3n) is 2.63. The quantitative estimate of drug-likeness (QED) is 0.800. The Morgan fingerprint density at radius 1 is 1.37 bits per heavy atom. The van der Waals surface area contributed by atoms with Crippen LogP contribution in [0.2, 0.25) is 0 Å². The van der Waals surface area contributed by atoms with Crippen molar-refractivity contribution in [3.8, 4) is 0 Å². The average molecular weight is 291 g/mol. The average Bonchev–Trinajstić information content (AvgIpc) is 2.96. The van der Waals surface area contributed by atoms with E-state index in [0.29, 0.717) is 0 Å². The smallest absolute Gasteiger partial charge is 0.176 e. The van der Waals surface area contributed by atoms with Gasteiger partial charge < -0.3 is 9.72 Å². The van der Waals surface area contributed by atoms with Crippen molar-refractivity contribution in [2.45, 2.75) is 22.8 Å². The summed E-state index contributed by atoms with van der Waals surface area (Å²) in [4.78, 5) is 9.04. The summed E-state index contributed by atoms with van der Waals surface area (Å²) >= 11 is 2.99. The number of imidazole rings is 1. The molecule has 3 aromatic rings. The van der Waals surface area contributed by atoms with Gasteiger partial charge in [-0.15, -0.1) is 0 Å². The normalized spacial score (nSPS) is 11.3. The molecule has 0 aromatic carbocycles. The van der Waals surface area contributed by atoms with Crippen molar-refractivity contribution in [2.75, 3.05) is 7.05 Å². The monoisotopic (exact) mass is 291 g/mol. The van der Waals surface area contributed by atoms with E-state index in [1.165, 1.54) is 11.5 Å². The van der Waals surface area contributed by atoms with Crippen LogP contribution in [0.4, 0.5) is 0 Å². The number of aromatic nitrogens is 4. The maximum atomic E-state index is 4.66. The number of nitrogens with zero attached hydrogens (tertiary/aromatic N) is 4. The van der Waals surface area contributed by atoms with Gasteiger partial charge in [0.15, 0.2) is 4.34 Å². The Morgan fingerprint density at radius 3 is 3.00 bits per heavy atom. The SMILES string of the molecule is CNCc1c(Sc2nc(C)ns2)nc2ccccn12. The first-order valence-corrected chi connectivity index (χ1v) is 7.45. The number of pyridine rings is 1. The molecule has 0 radical (unpaired) electrons. The summed E-state index contributed by atoms with van der Waals surface area (Å²) in [6.07, 6.45) is 2.03. The van der Waals surface area contributed by atoms with E-state index in [0.717, 1.165) is 33.1 Å². The minimum Gasteiger partial charge on any atom is -0.314 e. The third-order valence-corrected chi connectivity index (χ3v) is 4.49. The zero-order chi connectivity index (χ0) is 13.2. The molecule has 0 saturated heterocycles. The summed E-state index contributed by atoms with van der Waals surface area (Å²) < 4.78 is 7.23. The molecule has 0 fully saturated rings. The van der Waals surface area contributed by atoms with Crippen molar-refractivity contribution < 1.29 is 0 Å². The van der Waals surface area contributed by atoms with E-state index in [4.69, 9.17) is 0 Å². The second kappa shape index (κ2) is 5.28. The number of fused-ring (bicyclic) bond motifs is 1. The van der Waals surface area contributed by atoms with Crippen LogP contribution in [-0.4, -0.2) is 25.8 Å². The Balaban J connectivity index is 2.04. The molecule has 98 valence electrons. The molecule has 1 N–H and O–H groups in total. The fraction of sp³-hybridized carbons (Fsp3) is 0.250. The molecular weight excluding hydrogens is 278 g/mol. The Bertz CT molecular complexity index is 703. The molecule has 7 heteroatoms. The Labute approximate surface area is 119 Å². The van der Waals surface area contributed by atoms with Crippen molar-refractivity contribution >= 4 is 28.9 Å². The molecule has 3 aromatic heterocycles. The van der Waals surface area contributed by atoms with Crippen molar-refractivity contribution in [1.29, 1.82) is 0 Å². The summed E-state index contributed by atoms with van der Waals surface area (Å²) in [7, 11) is 1.94. The van der Waals surface area contributed by atoms with Gasteiger partial charge in [0, 0.05) is 12.7 Å². The summed E-state index contributed by atoms with van der Waals surface area (Å²) in [5.41, 5.74) is 2.10. The molecule has 3 rings (SSSR count). The van der Waals surface area contributed by atoms with Gasteiger partial charge in [0.1, 0.15) is 16.5 Å². The molecule has 0 aliphatic heterocycles. The van der Waals surface area contributed by atoms with Crippen LogP contribution in [0.3, 0.4) is 0 Å². The van der Waals surface area contributed by atoms with Crippen molar-refractivity contribution in [2.24, 2.45) is 0 Å². The summed E-state index contributed by atoms with van der Waals surface area (Å²) in [6, 6.07) is 6.01. The van der Waals surface area contributed by atoms with Crippen LogP contribution in [0.15, 0.2) is 33.8 Å². The first kappa shape index (κ1) is 12.6. The highest BCUT2D eigenvalue weighted by Crippen LogP contribution is 2.31. The van der Waals surface area contributed by atoms with Gasteiger partial charge in [-0.05, 0) is 49.4 Å². The molecule has 3 heterocycles. The van der Waals surface area contributed by atoms with E-state index >= 15 is 0 Å². The van der Waals surface area contributed by atoms with Crippen LogP contribution in [0.5, 0.6) is 0 Å². The molecule has 19 heavy (non-hydrogen) atoms. The third kappa shape index (κ3) is 2.49. The zero-order valence-corrected chi connectivity index (χ0v) is 12.3. The number of nitrogens with one attached hydrogen (secondary N) is 1. The standard InChI is InChI=1S/C12H13N5S2/c1-8-14-12(19-16-8)18-11-9(7-13-2)17-6-4-3-5-10(17)15-11/h3-6,13H,7H2,1-2H3. The molecule has 0 aliphatic carbocycles. The highest BCUT2D eigenvalue weighted by Gasteiger charge is 2.14. The summed E-state index contributed by atoms with van der Waals surface area (Å²) in [5.74, 6) is 0.812. The Hall–Kier alpha value is -1.44. The van der Waals surface area contributed by atoms with Crippen molar-refractivity contribution in [3.63, 3.8) is 0 Å². The van der Waals surface area contributed by atoms with Crippen LogP contribution in [-0.2, 0) is 6.54 Å². The van der Waals surface area contributed by atoms with Gasteiger partial charge in [-0.25, -0.2) is 9.97 Å². The largest absolute Gasteiger partial charge is 0.314 e. The highest BCUT2D eigenvalue weighted by atomic mass is 32.2. The molecule has 0 spiro atoms. The van der Waals surface area contributed by atoms with E-state index in [2.05, 4.69) is 24.1 Å².